The van der Waals surface area contributed by atoms with Crippen LogP contribution in [0.25, 0.3) is 0 Å². The molecule has 0 aliphatic rings. The zero-order chi connectivity index (χ0) is 12.3. The molecule has 1 aromatic rings. The Morgan fingerprint density at radius 2 is 2.00 bits per heavy atom. The minimum atomic E-state index is -3.64. The number of carbonyl (C=O) groups excluding carboxylic acids is 1. The van der Waals surface area contributed by atoms with Gasteiger partial charge in [0.15, 0.2) is 21.5 Å². The Kier molecular flexibility index (Phi) is 3.51. The van der Waals surface area contributed by atoms with Crippen molar-refractivity contribution in [3.63, 3.8) is 0 Å². The fourth-order valence-electron chi connectivity index (χ4n) is 1.06. The number of hydrogen-bond acceptors (Lipinski definition) is 4. The third-order valence-electron chi connectivity index (χ3n) is 1.82. The summed E-state index contributed by atoms with van der Waals surface area (Å²) in [6.07, 6.45) is 2.03. The molecule has 0 saturated carbocycles. The molecule has 0 aromatic heterocycles. The number of isocyanates is 1. The van der Waals surface area contributed by atoms with Gasteiger partial charge in [-0.15, -0.1) is 0 Å². The average molecular weight is 247 g/mol. The van der Waals surface area contributed by atoms with Gasteiger partial charge in [-0.2, -0.15) is 0 Å². The summed E-state index contributed by atoms with van der Waals surface area (Å²) in [5.74, 6) is -2.51. The average Bonchev–Trinajstić information content (AvgIpc) is 2.18. The summed E-state index contributed by atoms with van der Waals surface area (Å²) in [7, 11) is -3.64. The summed E-state index contributed by atoms with van der Waals surface area (Å²) < 4.78 is 48.4. The fourth-order valence-corrected chi connectivity index (χ4v) is 1.74. The van der Waals surface area contributed by atoms with Gasteiger partial charge in [0.1, 0.15) is 0 Å². The lowest BCUT2D eigenvalue weighted by molar-refractivity contribution is 0.494. The molecule has 4 nitrogen and oxygen atoms in total. The van der Waals surface area contributed by atoms with E-state index in [2.05, 4.69) is 4.99 Å². The van der Waals surface area contributed by atoms with Crippen molar-refractivity contribution in [1.29, 1.82) is 0 Å². The second kappa shape index (κ2) is 4.51. The Bertz CT molecular complexity index is 562. The first-order chi connectivity index (χ1) is 7.36. The predicted octanol–water partition coefficient (Wildman–Crippen LogP) is 1.20. The van der Waals surface area contributed by atoms with Gasteiger partial charge in [0.2, 0.25) is 6.08 Å². The van der Waals surface area contributed by atoms with Crippen molar-refractivity contribution in [2.45, 2.75) is 11.4 Å². The zero-order valence-electron chi connectivity index (χ0n) is 8.20. The molecule has 0 saturated heterocycles. The lowest BCUT2D eigenvalue weighted by Gasteiger charge is -2.04. The molecule has 0 amide bonds. The molecule has 86 valence electrons. The van der Waals surface area contributed by atoms with Crippen molar-refractivity contribution in [2.24, 2.45) is 4.99 Å². The molecule has 16 heavy (non-hydrogen) atoms. The van der Waals surface area contributed by atoms with Crippen molar-refractivity contribution in [3.8, 4) is 0 Å². The van der Waals surface area contributed by atoms with Crippen molar-refractivity contribution >= 4 is 15.9 Å². The first kappa shape index (κ1) is 12.5. The van der Waals surface area contributed by atoms with Gasteiger partial charge in [-0.1, -0.05) is 0 Å². The Morgan fingerprint density at radius 3 is 2.50 bits per heavy atom. The predicted molar refractivity (Wildman–Crippen MR) is 51.3 cm³/mol. The first-order valence-corrected chi connectivity index (χ1v) is 5.97. The topological polar surface area (TPSA) is 63.6 Å². The minimum Gasteiger partial charge on any atom is -0.224 e. The van der Waals surface area contributed by atoms with E-state index in [4.69, 9.17) is 0 Å². The van der Waals surface area contributed by atoms with E-state index in [0.717, 1.165) is 18.4 Å². The second-order valence-electron chi connectivity index (χ2n) is 3.06. The van der Waals surface area contributed by atoms with Gasteiger partial charge in [0, 0.05) is 11.8 Å². The van der Waals surface area contributed by atoms with Crippen LogP contribution < -0.4 is 0 Å². The fraction of sp³-hybridized carbons (Fsp3) is 0.222. The maximum atomic E-state index is 13.1. The van der Waals surface area contributed by atoms with Gasteiger partial charge in [0.25, 0.3) is 0 Å². The van der Waals surface area contributed by atoms with E-state index in [9.17, 15) is 22.0 Å². The van der Waals surface area contributed by atoms with E-state index in [1.807, 2.05) is 0 Å². The monoisotopic (exact) mass is 247 g/mol. The Balaban J connectivity index is 3.38. The molecule has 0 fully saturated rings. The van der Waals surface area contributed by atoms with Crippen LogP contribution in [0.4, 0.5) is 8.78 Å². The molecule has 0 atom stereocenters. The van der Waals surface area contributed by atoms with Gasteiger partial charge < -0.3 is 0 Å². The van der Waals surface area contributed by atoms with Crippen LogP contribution in [0.3, 0.4) is 0 Å². The summed E-state index contributed by atoms with van der Waals surface area (Å²) in [6, 6.07) is 1.52. The molecule has 0 aliphatic heterocycles. The summed E-state index contributed by atoms with van der Waals surface area (Å²) in [5, 5.41) is 0. The highest BCUT2D eigenvalue weighted by Gasteiger charge is 2.15. The van der Waals surface area contributed by atoms with Gasteiger partial charge in [-0.25, -0.2) is 27.0 Å². The van der Waals surface area contributed by atoms with E-state index < -0.39 is 28.0 Å². The molecule has 0 aliphatic carbocycles. The first-order valence-electron chi connectivity index (χ1n) is 4.08. The van der Waals surface area contributed by atoms with E-state index in [1.54, 1.807) is 0 Å². The van der Waals surface area contributed by atoms with E-state index >= 15 is 0 Å². The second-order valence-corrected chi connectivity index (χ2v) is 5.07. The van der Waals surface area contributed by atoms with Crippen LogP contribution in [-0.2, 0) is 21.2 Å². The minimum absolute atomic E-state index is 0.302. The normalized spacial score (nSPS) is 10.9. The van der Waals surface area contributed by atoms with Gasteiger partial charge in [-0.3, -0.25) is 0 Å². The lowest BCUT2D eigenvalue weighted by atomic mass is 10.2. The molecule has 0 spiro atoms. The Hall–Kier alpha value is -1.59. The van der Waals surface area contributed by atoms with Crippen molar-refractivity contribution < 1.29 is 22.0 Å². The molecule has 1 rings (SSSR count). The standard InChI is InChI=1S/C9H7F2NO3S/c1-16(14,15)7-2-6(4-12-5-13)9(11)8(10)3-7/h2-3H,4H2,1H3. The quantitative estimate of drug-likeness (QED) is 0.458. The largest absolute Gasteiger partial charge is 0.235 e. The maximum absolute atomic E-state index is 13.1. The van der Waals surface area contributed by atoms with Gasteiger partial charge in [-0.05, 0) is 12.1 Å². The molecular formula is C9H7F2NO3S. The molecule has 7 heteroatoms. The number of aliphatic imine (C=N–C) groups is 1. The molecule has 1 aromatic carbocycles. The van der Waals surface area contributed by atoms with Crippen LogP contribution in [0.15, 0.2) is 22.0 Å². The smallest absolute Gasteiger partial charge is 0.224 e. The summed E-state index contributed by atoms with van der Waals surface area (Å²) in [5.41, 5.74) is -0.302. The third kappa shape index (κ3) is 2.71. The van der Waals surface area contributed by atoms with Crippen LogP contribution in [-0.4, -0.2) is 20.8 Å². The summed E-state index contributed by atoms with van der Waals surface area (Å²) in [4.78, 5) is 12.5. The summed E-state index contributed by atoms with van der Waals surface area (Å²) >= 11 is 0. The van der Waals surface area contributed by atoms with E-state index in [1.165, 1.54) is 0 Å². The van der Waals surface area contributed by atoms with E-state index in [0.29, 0.717) is 6.07 Å². The Morgan fingerprint density at radius 1 is 1.38 bits per heavy atom. The van der Waals surface area contributed by atoms with Crippen LogP contribution >= 0.6 is 0 Å². The van der Waals surface area contributed by atoms with Crippen LogP contribution in [0, 0.1) is 11.6 Å². The number of nitrogens with zero attached hydrogens (tertiary/aromatic N) is 1. The van der Waals surface area contributed by atoms with E-state index in [-0.39, 0.29) is 10.5 Å². The van der Waals surface area contributed by atoms with Crippen molar-refractivity contribution in [2.75, 3.05) is 6.26 Å². The van der Waals surface area contributed by atoms with Crippen molar-refractivity contribution in [1.82, 2.24) is 0 Å². The molecular weight excluding hydrogens is 240 g/mol. The maximum Gasteiger partial charge on any atom is 0.235 e. The molecule has 0 N–H and O–H groups in total. The van der Waals surface area contributed by atoms with Crippen molar-refractivity contribution in [3.05, 3.63) is 29.3 Å². The van der Waals surface area contributed by atoms with Gasteiger partial charge >= 0.3 is 0 Å². The van der Waals surface area contributed by atoms with Gasteiger partial charge in [0.05, 0.1) is 11.4 Å². The number of benzene rings is 1. The SMILES string of the molecule is CS(=O)(=O)c1cc(F)c(F)c(CN=C=O)c1. The van der Waals surface area contributed by atoms with Crippen LogP contribution in [0.1, 0.15) is 5.56 Å². The molecule has 0 bridgehead atoms. The lowest BCUT2D eigenvalue weighted by Crippen LogP contribution is -2.02. The number of halogens is 2. The highest BCUT2D eigenvalue weighted by Crippen LogP contribution is 2.19. The summed E-state index contributed by atoms with van der Waals surface area (Å²) in [6.45, 7) is -0.449. The van der Waals surface area contributed by atoms with Crippen LogP contribution in [0.2, 0.25) is 0 Å². The number of hydrogen-bond donors (Lipinski definition) is 0. The highest BCUT2D eigenvalue weighted by molar-refractivity contribution is 7.90. The molecule has 0 radical (unpaired) electrons. The van der Waals surface area contributed by atoms with Crippen LogP contribution in [0.5, 0.6) is 0 Å². The third-order valence-corrected chi connectivity index (χ3v) is 2.91. The highest BCUT2D eigenvalue weighted by atomic mass is 32.2. The number of rotatable bonds is 3. The zero-order valence-corrected chi connectivity index (χ0v) is 9.01. The molecule has 0 unspecified atom stereocenters. The Labute approximate surface area is 90.5 Å². The molecule has 0 heterocycles. The number of sulfone groups is 1.